The SMILES string of the molecule is Cc1ccccc1-c1noc([C@H]2CCN(Cc3ccncc3)C2)n1. The summed E-state index contributed by atoms with van der Waals surface area (Å²) in [4.78, 5) is 11.1. The molecule has 0 saturated carbocycles. The van der Waals surface area contributed by atoms with Crippen LogP contribution in [0.1, 0.15) is 29.4 Å². The third-order valence-electron chi connectivity index (χ3n) is 4.60. The third-order valence-corrected chi connectivity index (χ3v) is 4.60. The average Bonchev–Trinajstić information content (AvgIpc) is 3.25. The molecule has 122 valence electrons. The van der Waals surface area contributed by atoms with Gasteiger partial charge in [0.2, 0.25) is 11.7 Å². The number of hydrogen-bond donors (Lipinski definition) is 0. The van der Waals surface area contributed by atoms with Crippen molar-refractivity contribution in [2.24, 2.45) is 0 Å². The van der Waals surface area contributed by atoms with Crippen molar-refractivity contribution in [3.63, 3.8) is 0 Å². The lowest BCUT2D eigenvalue weighted by molar-refractivity contribution is 0.309. The molecule has 0 spiro atoms. The van der Waals surface area contributed by atoms with Crippen LogP contribution in [0.5, 0.6) is 0 Å². The largest absolute Gasteiger partial charge is 0.339 e. The molecule has 1 aromatic carbocycles. The molecular formula is C19H20N4O. The highest BCUT2D eigenvalue weighted by Crippen LogP contribution is 2.29. The first-order valence-electron chi connectivity index (χ1n) is 8.30. The van der Waals surface area contributed by atoms with Crippen molar-refractivity contribution in [2.45, 2.75) is 25.8 Å². The van der Waals surface area contributed by atoms with E-state index >= 15 is 0 Å². The maximum absolute atomic E-state index is 5.56. The Labute approximate surface area is 141 Å². The Balaban J connectivity index is 1.45. The van der Waals surface area contributed by atoms with Gasteiger partial charge in [0.05, 0.1) is 5.92 Å². The molecule has 3 aromatic rings. The van der Waals surface area contributed by atoms with Crippen molar-refractivity contribution in [1.82, 2.24) is 20.0 Å². The van der Waals surface area contributed by atoms with Gasteiger partial charge in [0.15, 0.2) is 0 Å². The second-order valence-electron chi connectivity index (χ2n) is 6.35. The maximum Gasteiger partial charge on any atom is 0.231 e. The van der Waals surface area contributed by atoms with E-state index in [0.717, 1.165) is 43.1 Å². The fraction of sp³-hybridized carbons (Fsp3) is 0.316. The van der Waals surface area contributed by atoms with Crippen LogP contribution in [0.2, 0.25) is 0 Å². The Hall–Kier alpha value is -2.53. The zero-order valence-electron chi connectivity index (χ0n) is 13.7. The minimum atomic E-state index is 0.317. The summed E-state index contributed by atoms with van der Waals surface area (Å²) in [6.45, 7) is 5.02. The predicted octanol–water partition coefficient (Wildman–Crippen LogP) is 3.43. The normalized spacial score (nSPS) is 18.1. The van der Waals surface area contributed by atoms with Crippen LogP contribution in [0, 0.1) is 6.92 Å². The van der Waals surface area contributed by atoms with E-state index in [-0.39, 0.29) is 0 Å². The number of pyridine rings is 1. The van der Waals surface area contributed by atoms with Crippen molar-refractivity contribution in [3.05, 3.63) is 65.8 Å². The van der Waals surface area contributed by atoms with Crippen LogP contribution < -0.4 is 0 Å². The van der Waals surface area contributed by atoms with E-state index < -0.39 is 0 Å². The number of nitrogens with zero attached hydrogens (tertiary/aromatic N) is 4. The molecule has 2 aromatic heterocycles. The Morgan fingerprint density at radius 3 is 2.83 bits per heavy atom. The van der Waals surface area contributed by atoms with Crippen LogP contribution >= 0.6 is 0 Å². The molecular weight excluding hydrogens is 300 g/mol. The monoisotopic (exact) mass is 320 g/mol. The standard InChI is InChI=1S/C19H20N4O/c1-14-4-2-3-5-17(14)18-21-19(24-22-18)16-8-11-23(13-16)12-15-6-9-20-10-7-15/h2-7,9-10,16H,8,11-13H2,1H3/t16-/m0/s1. The molecule has 0 bridgehead atoms. The zero-order chi connectivity index (χ0) is 16.4. The summed E-state index contributed by atoms with van der Waals surface area (Å²) in [6, 6.07) is 12.3. The second kappa shape index (κ2) is 6.53. The number of aryl methyl sites for hydroxylation is 1. The zero-order valence-corrected chi connectivity index (χ0v) is 13.7. The predicted molar refractivity (Wildman–Crippen MR) is 91.3 cm³/mol. The molecule has 5 nitrogen and oxygen atoms in total. The number of hydrogen-bond acceptors (Lipinski definition) is 5. The molecule has 1 aliphatic rings. The first-order valence-corrected chi connectivity index (χ1v) is 8.30. The Bertz CT molecular complexity index is 815. The fourth-order valence-corrected chi connectivity index (χ4v) is 3.26. The van der Waals surface area contributed by atoms with Gasteiger partial charge >= 0.3 is 0 Å². The summed E-state index contributed by atoms with van der Waals surface area (Å²) in [5, 5.41) is 4.19. The fourth-order valence-electron chi connectivity index (χ4n) is 3.26. The molecule has 4 rings (SSSR count). The number of rotatable bonds is 4. The van der Waals surface area contributed by atoms with Gasteiger partial charge in [0, 0.05) is 31.0 Å². The maximum atomic E-state index is 5.56. The molecule has 3 heterocycles. The van der Waals surface area contributed by atoms with Gasteiger partial charge in [-0.25, -0.2) is 0 Å². The highest BCUT2D eigenvalue weighted by Gasteiger charge is 2.28. The third kappa shape index (κ3) is 3.08. The van der Waals surface area contributed by atoms with Crippen molar-refractivity contribution in [1.29, 1.82) is 0 Å². The first-order chi connectivity index (χ1) is 11.8. The van der Waals surface area contributed by atoms with Crippen LogP contribution in [-0.2, 0) is 6.54 Å². The van der Waals surface area contributed by atoms with Gasteiger partial charge in [-0.2, -0.15) is 4.98 Å². The average molecular weight is 320 g/mol. The van der Waals surface area contributed by atoms with Crippen molar-refractivity contribution >= 4 is 0 Å². The minimum Gasteiger partial charge on any atom is -0.339 e. The van der Waals surface area contributed by atoms with Gasteiger partial charge in [-0.15, -0.1) is 0 Å². The van der Waals surface area contributed by atoms with E-state index in [0.29, 0.717) is 11.7 Å². The summed E-state index contributed by atoms with van der Waals surface area (Å²) >= 11 is 0. The van der Waals surface area contributed by atoms with Crippen LogP contribution in [-0.4, -0.2) is 33.1 Å². The summed E-state index contributed by atoms with van der Waals surface area (Å²) < 4.78 is 5.56. The first kappa shape index (κ1) is 15.0. The van der Waals surface area contributed by atoms with E-state index in [1.807, 2.05) is 30.6 Å². The van der Waals surface area contributed by atoms with Gasteiger partial charge in [-0.1, -0.05) is 29.4 Å². The van der Waals surface area contributed by atoms with Gasteiger partial charge in [0.25, 0.3) is 0 Å². The Morgan fingerprint density at radius 1 is 1.17 bits per heavy atom. The molecule has 0 amide bonds. The second-order valence-corrected chi connectivity index (χ2v) is 6.35. The lowest BCUT2D eigenvalue weighted by atomic mass is 10.1. The van der Waals surface area contributed by atoms with Gasteiger partial charge in [-0.3, -0.25) is 9.88 Å². The quantitative estimate of drug-likeness (QED) is 0.737. The molecule has 0 unspecified atom stereocenters. The summed E-state index contributed by atoms with van der Waals surface area (Å²) in [5.41, 5.74) is 3.49. The minimum absolute atomic E-state index is 0.317. The van der Waals surface area contributed by atoms with Crippen LogP contribution in [0.4, 0.5) is 0 Å². The molecule has 1 saturated heterocycles. The molecule has 0 aliphatic carbocycles. The summed E-state index contributed by atoms with van der Waals surface area (Å²) in [7, 11) is 0. The Kier molecular flexibility index (Phi) is 4.09. The molecule has 24 heavy (non-hydrogen) atoms. The highest BCUT2D eigenvalue weighted by molar-refractivity contribution is 5.59. The smallest absolute Gasteiger partial charge is 0.231 e. The van der Waals surface area contributed by atoms with E-state index in [2.05, 4.69) is 45.1 Å². The van der Waals surface area contributed by atoms with Crippen LogP contribution in [0.25, 0.3) is 11.4 Å². The van der Waals surface area contributed by atoms with E-state index in [4.69, 9.17) is 4.52 Å². The highest BCUT2D eigenvalue weighted by atomic mass is 16.5. The Morgan fingerprint density at radius 2 is 2.00 bits per heavy atom. The van der Waals surface area contributed by atoms with Crippen LogP contribution in [0.15, 0.2) is 53.3 Å². The molecule has 5 heteroatoms. The van der Waals surface area contributed by atoms with Gasteiger partial charge < -0.3 is 4.52 Å². The lowest BCUT2D eigenvalue weighted by Gasteiger charge is -2.14. The van der Waals surface area contributed by atoms with Crippen molar-refractivity contribution < 1.29 is 4.52 Å². The number of aromatic nitrogens is 3. The topological polar surface area (TPSA) is 55.1 Å². The molecule has 1 atom stereocenters. The number of benzene rings is 1. The molecule has 1 aliphatic heterocycles. The van der Waals surface area contributed by atoms with E-state index in [1.54, 1.807) is 0 Å². The van der Waals surface area contributed by atoms with Gasteiger partial charge in [-0.05, 0) is 43.1 Å². The molecule has 0 radical (unpaired) electrons. The summed E-state index contributed by atoms with van der Waals surface area (Å²) in [6.07, 6.45) is 4.74. The van der Waals surface area contributed by atoms with E-state index in [9.17, 15) is 0 Å². The molecule has 1 fully saturated rings. The lowest BCUT2D eigenvalue weighted by Crippen LogP contribution is -2.19. The van der Waals surface area contributed by atoms with Crippen LogP contribution in [0.3, 0.4) is 0 Å². The van der Waals surface area contributed by atoms with Gasteiger partial charge in [0.1, 0.15) is 0 Å². The van der Waals surface area contributed by atoms with Crippen molar-refractivity contribution in [3.8, 4) is 11.4 Å². The van der Waals surface area contributed by atoms with E-state index in [1.165, 1.54) is 5.56 Å². The molecule has 0 N–H and O–H groups in total. The summed E-state index contributed by atoms with van der Waals surface area (Å²) in [5.74, 6) is 1.76. The number of likely N-dealkylation sites (tertiary alicyclic amines) is 1. The van der Waals surface area contributed by atoms with Crippen molar-refractivity contribution in [2.75, 3.05) is 13.1 Å².